The number of hydrogen-bond donors (Lipinski definition) is 4. The Morgan fingerprint density at radius 1 is 0.566 bits per heavy atom. The molecule has 4 nitrogen and oxygen atoms in total. The lowest BCUT2D eigenvalue weighted by molar-refractivity contribution is -0.140. The van der Waals surface area contributed by atoms with Gasteiger partial charge in [-0.1, -0.05) is 78.3 Å². The van der Waals surface area contributed by atoms with Crippen molar-refractivity contribution in [2.75, 3.05) is 11.9 Å². The quantitative estimate of drug-likeness (QED) is 0.130. The van der Waals surface area contributed by atoms with Crippen LogP contribution >= 0.6 is 11.6 Å². The summed E-state index contributed by atoms with van der Waals surface area (Å²) in [6, 6.07) is 30.7. The van der Waals surface area contributed by atoms with Crippen molar-refractivity contribution in [3.05, 3.63) is 160 Å². The van der Waals surface area contributed by atoms with Crippen LogP contribution in [-0.4, -0.2) is 6.54 Å². The Labute approximate surface area is 310 Å². The van der Waals surface area contributed by atoms with Gasteiger partial charge in [-0.05, 0) is 104 Å². The molecule has 3 unspecified atom stereocenters. The summed E-state index contributed by atoms with van der Waals surface area (Å²) in [5, 5.41) is 2.76. The van der Waals surface area contributed by atoms with Crippen LogP contribution in [0.5, 0.6) is 0 Å². The number of rotatable bonds is 6. The van der Waals surface area contributed by atoms with Gasteiger partial charge >= 0.3 is 12.4 Å². The minimum atomic E-state index is -4.67. The van der Waals surface area contributed by atoms with Gasteiger partial charge in [0.1, 0.15) is 11.6 Å². The van der Waals surface area contributed by atoms with Gasteiger partial charge in [0.25, 0.3) is 0 Å². The number of anilines is 1. The van der Waals surface area contributed by atoms with Crippen molar-refractivity contribution in [2.24, 2.45) is 17.2 Å². The maximum atomic E-state index is 12.8. The Morgan fingerprint density at radius 2 is 1.00 bits per heavy atom. The molecule has 0 amide bonds. The summed E-state index contributed by atoms with van der Waals surface area (Å²) in [7, 11) is 0. The van der Waals surface area contributed by atoms with E-state index in [1.54, 1.807) is 19.1 Å². The molecule has 0 saturated heterocycles. The van der Waals surface area contributed by atoms with Gasteiger partial charge in [0, 0.05) is 30.4 Å². The fourth-order valence-corrected chi connectivity index (χ4v) is 4.69. The van der Waals surface area contributed by atoms with Crippen molar-refractivity contribution in [2.45, 2.75) is 58.2 Å². The van der Waals surface area contributed by atoms with Crippen LogP contribution in [0.25, 0.3) is 11.1 Å². The number of hydrogen-bond acceptors (Lipinski definition) is 4. The first-order chi connectivity index (χ1) is 24.7. The first-order valence-electron chi connectivity index (χ1n) is 16.4. The number of nitrogens with one attached hydrogen (secondary N) is 1. The summed E-state index contributed by atoms with van der Waals surface area (Å²) in [4.78, 5) is 0. The van der Waals surface area contributed by atoms with E-state index in [4.69, 9.17) is 28.8 Å². The van der Waals surface area contributed by atoms with Crippen LogP contribution in [0.2, 0.25) is 5.02 Å². The molecule has 7 N–H and O–H groups in total. The highest BCUT2D eigenvalue weighted by Gasteiger charge is 2.34. The van der Waals surface area contributed by atoms with E-state index < -0.39 is 41.4 Å². The molecule has 0 heterocycles. The highest BCUT2D eigenvalue weighted by Crippen LogP contribution is 2.36. The number of halogens is 9. The molecule has 0 spiro atoms. The predicted molar refractivity (Wildman–Crippen MR) is 198 cm³/mol. The maximum Gasteiger partial charge on any atom is 0.419 e. The standard InChI is InChI=1S/C14H15N.C9H9ClF3N.C9H9F4N.C8H10FN/c1-11(15)12-7-9-14(10-8-12)13-5-3-2-4-6-13;2*1-5(14)6-2-3-8(10)7(4-6)9(11,12)13;1-2-10-8-5-3-7(9)4-6-8/h2-11H,15H2,1H3;2*2-5H,14H2,1H3;3-6,10H,2H2,1H3. The second-order valence-corrected chi connectivity index (χ2v) is 12.3. The maximum absolute atomic E-state index is 12.8. The molecule has 0 aliphatic rings. The molecule has 286 valence electrons. The second-order valence-electron chi connectivity index (χ2n) is 11.9. The van der Waals surface area contributed by atoms with Crippen molar-refractivity contribution < 1.29 is 35.1 Å². The third-order valence-corrected chi connectivity index (χ3v) is 7.74. The van der Waals surface area contributed by atoms with E-state index in [-0.39, 0.29) is 22.4 Å². The third kappa shape index (κ3) is 15.2. The van der Waals surface area contributed by atoms with Gasteiger partial charge in [-0.25, -0.2) is 8.78 Å². The van der Waals surface area contributed by atoms with E-state index in [0.29, 0.717) is 5.56 Å². The zero-order valence-electron chi connectivity index (χ0n) is 29.5. The first-order valence-corrected chi connectivity index (χ1v) is 16.8. The van der Waals surface area contributed by atoms with Crippen LogP contribution in [0, 0.1) is 11.6 Å². The Balaban J connectivity index is 0.000000247. The van der Waals surface area contributed by atoms with Crippen molar-refractivity contribution in [1.29, 1.82) is 0 Å². The summed E-state index contributed by atoms with van der Waals surface area (Å²) in [5.41, 5.74) is 19.8. The lowest BCUT2D eigenvalue weighted by Gasteiger charge is -2.12. The third-order valence-electron chi connectivity index (χ3n) is 7.41. The number of nitrogens with two attached hydrogens (primary N) is 3. The molecule has 5 aromatic rings. The summed E-state index contributed by atoms with van der Waals surface area (Å²) < 4.78 is 98.8. The van der Waals surface area contributed by atoms with Crippen LogP contribution < -0.4 is 22.5 Å². The fourth-order valence-electron chi connectivity index (χ4n) is 4.47. The molecule has 0 bridgehead atoms. The molecule has 0 aromatic heterocycles. The minimum absolute atomic E-state index is 0.106. The van der Waals surface area contributed by atoms with Crippen LogP contribution in [0.3, 0.4) is 0 Å². The normalized spacial score (nSPS) is 12.8. The number of alkyl halides is 6. The SMILES string of the molecule is CC(N)c1ccc(-c2ccccc2)cc1.CC(N)c1ccc(Cl)c(C(F)(F)F)c1.CC(N)c1ccc(F)c(C(F)(F)F)c1.CCNc1ccc(F)cc1. The second kappa shape index (κ2) is 20.7. The molecule has 0 radical (unpaired) electrons. The molecule has 53 heavy (non-hydrogen) atoms. The summed E-state index contributed by atoms with van der Waals surface area (Å²) in [6.07, 6.45) is -9.10. The Kier molecular flexibility index (Phi) is 17.4. The van der Waals surface area contributed by atoms with Crippen LogP contribution in [0.1, 0.15) is 73.6 Å². The molecule has 13 heteroatoms. The molecule has 0 aliphatic carbocycles. The summed E-state index contributed by atoms with van der Waals surface area (Å²) in [6.45, 7) is 8.02. The van der Waals surface area contributed by atoms with Crippen LogP contribution in [0.15, 0.2) is 115 Å². The first kappa shape index (κ1) is 44.7. The highest BCUT2D eigenvalue weighted by atomic mass is 35.5. The Morgan fingerprint density at radius 3 is 1.45 bits per heavy atom. The highest BCUT2D eigenvalue weighted by molar-refractivity contribution is 6.31. The summed E-state index contributed by atoms with van der Waals surface area (Å²) in [5.74, 6) is -1.47. The molecule has 0 aliphatic heterocycles. The molecular weight excluding hydrogens is 724 g/mol. The van der Waals surface area contributed by atoms with Gasteiger partial charge in [-0.2, -0.15) is 26.3 Å². The molecular formula is C40H43ClF8N4. The van der Waals surface area contributed by atoms with Gasteiger partial charge in [-0.3, -0.25) is 0 Å². The lowest BCUT2D eigenvalue weighted by atomic mass is 10.0. The van der Waals surface area contributed by atoms with Gasteiger partial charge in [0.15, 0.2) is 0 Å². The fraction of sp³-hybridized carbons (Fsp3) is 0.250. The van der Waals surface area contributed by atoms with Crippen molar-refractivity contribution in [3.63, 3.8) is 0 Å². The molecule has 3 atom stereocenters. The van der Waals surface area contributed by atoms with Gasteiger partial charge in [0.2, 0.25) is 0 Å². The average molecular weight is 767 g/mol. The molecule has 5 aromatic carbocycles. The van der Waals surface area contributed by atoms with E-state index in [1.807, 2.05) is 19.9 Å². The molecule has 5 rings (SSSR count). The average Bonchev–Trinajstić information content (AvgIpc) is 3.10. The largest absolute Gasteiger partial charge is 0.419 e. The Bertz CT molecular complexity index is 1740. The minimum Gasteiger partial charge on any atom is -0.385 e. The zero-order valence-corrected chi connectivity index (χ0v) is 30.3. The van der Waals surface area contributed by atoms with E-state index in [0.717, 1.165) is 30.4 Å². The van der Waals surface area contributed by atoms with E-state index in [1.165, 1.54) is 53.9 Å². The van der Waals surface area contributed by atoms with Crippen LogP contribution in [-0.2, 0) is 12.4 Å². The van der Waals surface area contributed by atoms with Gasteiger partial charge in [-0.15, -0.1) is 0 Å². The predicted octanol–water partition coefficient (Wildman–Crippen LogP) is 11.9. The van der Waals surface area contributed by atoms with Crippen LogP contribution in [0.4, 0.5) is 40.8 Å². The van der Waals surface area contributed by atoms with Gasteiger partial charge < -0.3 is 22.5 Å². The summed E-state index contributed by atoms with van der Waals surface area (Å²) >= 11 is 5.42. The van der Waals surface area contributed by atoms with E-state index in [2.05, 4.69) is 53.8 Å². The molecule has 0 fully saturated rings. The monoisotopic (exact) mass is 766 g/mol. The smallest absolute Gasteiger partial charge is 0.385 e. The zero-order chi connectivity index (χ0) is 39.9. The lowest BCUT2D eigenvalue weighted by Crippen LogP contribution is -2.11. The topological polar surface area (TPSA) is 90.1 Å². The van der Waals surface area contributed by atoms with E-state index >= 15 is 0 Å². The van der Waals surface area contributed by atoms with Crippen molar-refractivity contribution in [1.82, 2.24) is 0 Å². The van der Waals surface area contributed by atoms with E-state index in [9.17, 15) is 35.1 Å². The van der Waals surface area contributed by atoms with Crippen molar-refractivity contribution in [3.8, 4) is 11.1 Å². The van der Waals surface area contributed by atoms with Gasteiger partial charge in [0.05, 0.1) is 16.1 Å². The van der Waals surface area contributed by atoms with Crippen molar-refractivity contribution >= 4 is 17.3 Å². The number of benzene rings is 5. The molecule has 0 saturated carbocycles. The Hall–Kier alpha value is -4.49.